The maximum absolute atomic E-state index is 6.44. The molecule has 3 aromatic heterocycles. The lowest BCUT2D eigenvalue weighted by Gasteiger charge is -2.30. The van der Waals surface area contributed by atoms with Crippen LogP contribution >= 0.6 is 0 Å². The van der Waals surface area contributed by atoms with Crippen LogP contribution in [0.2, 0.25) is 0 Å². The fourth-order valence-corrected chi connectivity index (χ4v) is 7.74. The Hall–Kier alpha value is -4.49. The van der Waals surface area contributed by atoms with Crippen LogP contribution in [-0.4, -0.2) is 30.7 Å². The first-order valence-corrected chi connectivity index (χ1v) is 17.4. The van der Waals surface area contributed by atoms with Gasteiger partial charge in [-0.1, -0.05) is 86.0 Å². The van der Waals surface area contributed by atoms with Gasteiger partial charge in [0.1, 0.15) is 24.0 Å². The molecule has 0 bridgehead atoms. The fraction of sp³-hybridized carbons (Fsp3) is 0.375. The van der Waals surface area contributed by atoms with E-state index in [-0.39, 0.29) is 0 Å². The molecule has 2 saturated carbocycles. The van der Waals surface area contributed by atoms with Crippen molar-refractivity contribution in [2.75, 3.05) is 6.61 Å². The molecule has 8 rings (SSSR count). The predicted molar refractivity (Wildman–Crippen MR) is 186 cm³/mol. The molecule has 240 valence electrons. The molecule has 2 aliphatic rings. The molecule has 0 N–H and O–H groups in total. The third kappa shape index (κ3) is 6.41. The van der Waals surface area contributed by atoms with Crippen molar-refractivity contribution >= 4 is 22.1 Å². The van der Waals surface area contributed by atoms with Crippen LogP contribution in [0, 0.1) is 5.92 Å². The molecule has 3 heterocycles. The Bertz CT molecular complexity index is 1920. The zero-order valence-electron chi connectivity index (χ0n) is 27.0. The van der Waals surface area contributed by atoms with Gasteiger partial charge in [-0.2, -0.15) is 4.98 Å². The van der Waals surface area contributed by atoms with Gasteiger partial charge in [0.15, 0.2) is 0 Å². The molecule has 2 aliphatic carbocycles. The Labute approximate surface area is 276 Å². The Balaban J connectivity index is 1.08. The van der Waals surface area contributed by atoms with Crippen molar-refractivity contribution in [3.05, 3.63) is 109 Å². The molecule has 0 unspecified atom stereocenters. The highest BCUT2D eigenvalue weighted by Gasteiger charge is 2.27. The van der Waals surface area contributed by atoms with Gasteiger partial charge in [0.25, 0.3) is 0 Å². The normalized spacial score (nSPS) is 19.0. The molecule has 3 aromatic carbocycles. The third-order valence-corrected chi connectivity index (χ3v) is 10.3. The summed E-state index contributed by atoms with van der Waals surface area (Å²) < 4.78 is 17.4. The monoisotopic (exact) mass is 625 g/mol. The second kappa shape index (κ2) is 13.7. The van der Waals surface area contributed by atoms with E-state index in [1.54, 1.807) is 6.33 Å². The van der Waals surface area contributed by atoms with Crippen LogP contribution in [0.3, 0.4) is 0 Å². The summed E-state index contributed by atoms with van der Waals surface area (Å²) in [4.78, 5) is 14.4. The van der Waals surface area contributed by atoms with E-state index in [0.717, 1.165) is 65.5 Å². The molecule has 6 aromatic rings. The van der Waals surface area contributed by atoms with Gasteiger partial charge in [0.05, 0.1) is 24.0 Å². The number of hydrogen-bond donors (Lipinski definition) is 0. The highest BCUT2D eigenvalue weighted by molar-refractivity contribution is 5.97. The van der Waals surface area contributed by atoms with Gasteiger partial charge in [0.2, 0.25) is 5.88 Å². The zero-order valence-corrected chi connectivity index (χ0v) is 27.0. The zero-order chi connectivity index (χ0) is 31.4. The van der Waals surface area contributed by atoms with Crippen LogP contribution in [0.1, 0.15) is 81.0 Å². The molecule has 7 heteroatoms. The first kappa shape index (κ1) is 29.9. The van der Waals surface area contributed by atoms with Crippen molar-refractivity contribution in [2.45, 2.75) is 83.1 Å². The molecule has 0 atom stereocenters. The highest BCUT2D eigenvalue weighted by Crippen LogP contribution is 2.41. The van der Waals surface area contributed by atoms with Crippen molar-refractivity contribution in [1.82, 2.24) is 24.1 Å². The average molecular weight is 626 g/mol. The Morgan fingerprint density at radius 1 is 0.681 bits per heavy atom. The molecule has 47 heavy (non-hydrogen) atoms. The second-order valence-electron chi connectivity index (χ2n) is 13.4. The number of benzene rings is 3. The molecule has 2 fully saturated rings. The number of ether oxygens (including phenoxy) is 2. The number of rotatable bonds is 10. The van der Waals surface area contributed by atoms with Crippen molar-refractivity contribution in [3.63, 3.8) is 0 Å². The fourth-order valence-electron chi connectivity index (χ4n) is 7.74. The van der Waals surface area contributed by atoms with E-state index in [1.165, 1.54) is 43.2 Å². The molecule has 0 radical (unpaired) electrons. The second-order valence-corrected chi connectivity index (χ2v) is 13.4. The summed E-state index contributed by atoms with van der Waals surface area (Å²) in [6.45, 7) is 1.94. The Kier molecular flexibility index (Phi) is 8.71. The molecule has 7 nitrogen and oxygen atoms in total. The lowest BCUT2D eigenvalue weighted by atomic mass is 9.86. The van der Waals surface area contributed by atoms with Gasteiger partial charge >= 0.3 is 0 Å². The molecule has 0 spiro atoms. The van der Waals surface area contributed by atoms with Gasteiger partial charge in [0, 0.05) is 30.5 Å². The van der Waals surface area contributed by atoms with Crippen LogP contribution < -0.4 is 4.74 Å². The van der Waals surface area contributed by atoms with E-state index >= 15 is 0 Å². The van der Waals surface area contributed by atoms with Crippen LogP contribution in [0.4, 0.5) is 0 Å². The van der Waals surface area contributed by atoms with Crippen molar-refractivity contribution < 1.29 is 9.47 Å². The molecule has 0 saturated heterocycles. The maximum atomic E-state index is 6.44. The van der Waals surface area contributed by atoms with Gasteiger partial charge < -0.3 is 18.6 Å². The summed E-state index contributed by atoms with van der Waals surface area (Å²) in [5.41, 5.74) is 8.76. The Morgan fingerprint density at radius 3 is 2.17 bits per heavy atom. The minimum Gasteiger partial charge on any atom is -0.471 e. The van der Waals surface area contributed by atoms with E-state index in [0.29, 0.717) is 37.1 Å². The van der Waals surface area contributed by atoms with Crippen molar-refractivity contribution in [1.29, 1.82) is 0 Å². The van der Waals surface area contributed by atoms with Crippen molar-refractivity contribution in [2.24, 2.45) is 5.92 Å². The van der Waals surface area contributed by atoms with E-state index < -0.39 is 0 Å². The number of fused-ring (bicyclic) bond motifs is 2. The standard InChI is InChI=1S/C40H43N5O2/c1-4-10-29(11-5-1)24-46-25-31-16-19-34(20-17-31)44-23-35(38-39(44)40(42-27-41-38)47-26-30-12-6-2-7-13-30)32-18-21-37-36(22-32)43-28-45(37)33-14-8-3-9-15-33/h1-2,4-7,10-13,18,21-23,27-28,31,33-34H,3,8-9,14-17,19-20,24-26H2. The summed E-state index contributed by atoms with van der Waals surface area (Å²) in [7, 11) is 0. The van der Waals surface area contributed by atoms with Crippen LogP contribution in [0.15, 0.2) is 97.7 Å². The predicted octanol–water partition coefficient (Wildman–Crippen LogP) is 9.48. The SMILES string of the molecule is c1ccc(COCC2CCC(n3cc(-c4ccc5c(c4)ncn5C4CCCCC4)c4ncnc(OCc5ccccc5)c43)CC2)cc1. The molecule has 0 amide bonds. The van der Waals surface area contributed by atoms with E-state index in [1.807, 2.05) is 30.6 Å². The quantitative estimate of drug-likeness (QED) is 0.152. The first-order valence-electron chi connectivity index (χ1n) is 17.4. The summed E-state index contributed by atoms with van der Waals surface area (Å²) in [6.07, 6.45) is 16.9. The number of aromatic nitrogens is 5. The highest BCUT2D eigenvalue weighted by atomic mass is 16.5. The van der Waals surface area contributed by atoms with E-state index in [9.17, 15) is 0 Å². The van der Waals surface area contributed by atoms with Crippen molar-refractivity contribution in [3.8, 4) is 17.0 Å². The number of nitrogens with zero attached hydrogens (tertiary/aromatic N) is 5. The maximum Gasteiger partial charge on any atom is 0.242 e. The summed E-state index contributed by atoms with van der Waals surface area (Å²) >= 11 is 0. The lowest BCUT2D eigenvalue weighted by molar-refractivity contribution is 0.0681. The molecular formula is C40H43N5O2. The average Bonchev–Trinajstić information content (AvgIpc) is 3.75. The van der Waals surface area contributed by atoms with E-state index in [4.69, 9.17) is 19.4 Å². The largest absolute Gasteiger partial charge is 0.471 e. The first-order chi connectivity index (χ1) is 23.3. The molecule has 0 aliphatic heterocycles. The Morgan fingerprint density at radius 2 is 1.40 bits per heavy atom. The minimum atomic E-state index is 0.343. The topological polar surface area (TPSA) is 67.0 Å². The van der Waals surface area contributed by atoms with E-state index in [2.05, 4.69) is 74.9 Å². The summed E-state index contributed by atoms with van der Waals surface area (Å²) in [5.74, 6) is 1.21. The van der Waals surface area contributed by atoms with Gasteiger partial charge in [-0.25, -0.2) is 9.97 Å². The minimum absolute atomic E-state index is 0.343. The van der Waals surface area contributed by atoms with Gasteiger partial charge in [-0.15, -0.1) is 0 Å². The van der Waals surface area contributed by atoms with Gasteiger partial charge in [-0.3, -0.25) is 0 Å². The molecular weight excluding hydrogens is 582 g/mol. The van der Waals surface area contributed by atoms with Crippen LogP contribution in [0.25, 0.3) is 33.2 Å². The van der Waals surface area contributed by atoms with Crippen LogP contribution in [-0.2, 0) is 18.0 Å². The summed E-state index contributed by atoms with van der Waals surface area (Å²) in [5, 5.41) is 0. The summed E-state index contributed by atoms with van der Waals surface area (Å²) in [6, 6.07) is 28.4. The number of imidazole rings is 1. The smallest absolute Gasteiger partial charge is 0.242 e. The lowest BCUT2D eigenvalue weighted by Crippen LogP contribution is -2.21. The van der Waals surface area contributed by atoms with Crippen LogP contribution in [0.5, 0.6) is 5.88 Å². The van der Waals surface area contributed by atoms with Gasteiger partial charge in [-0.05, 0) is 73.3 Å². The third-order valence-electron chi connectivity index (χ3n) is 10.3. The number of hydrogen-bond acceptors (Lipinski definition) is 5.